The molecule has 34 heavy (non-hydrogen) atoms. The van der Waals surface area contributed by atoms with Gasteiger partial charge in [0.2, 0.25) is 5.91 Å². The molecule has 0 bridgehead atoms. The van der Waals surface area contributed by atoms with Crippen molar-refractivity contribution in [1.29, 1.82) is 0 Å². The van der Waals surface area contributed by atoms with Crippen molar-refractivity contribution in [2.45, 2.75) is 58.9 Å². The first-order valence-corrected chi connectivity index (χ1v) is 11.2. The SMILES string of the molecule is CC.Cc1cc(C(F)(F)F)nn1CC(=O)N1CCC(CC2=NOC(c3c(F)cccc3F)C2)C1. The normalized spacial score (nSPS) is 20.0. The van der Waals surface area contributed by atoms with Crippen molar-refractivity contribution in [2.24, 2.45) is 11.1 Å². The van der Waals surface area contributed by atoms with E-state index in [0.29, 0.717) is 31.6 Å². The van der Waals surface area contributed by atoms with E-state index in [9.17, 15) is 26.7 Å². The third kappa shape index (κ3) is 5.74. The fourth-order valence-corrected chi connectivity index (χ4v) is 4.12. The number of carbonyl (C=O) groups is 1. The molecule has 11 heteroatoms. The van der Waals surface area contributed by atoms with Crippen LogP contribution in [-0.2, 0) is 22.4 Å². The molecule has 2 aromatic rings. The molecule has 186 valence electrons. The van der Waals surface area contributed by atoms with Gasteiger partial charge in [-0.2, -0.15) is 18.3 Å². The second-order valence-corrected chi connectivity index (χ2v) is 8.12. The zero-order valence-corrected chi connectivity index (χ0v) is 19.2. The highest BCUT2D eigenvalue weighted by Crippen LogP contribution is 2.34. The third-order valence-electron chi connectivity index (χ3n) is 5.77. The van der Waals surface area contributed by atoms with Crippen LogP contribution in [0.15, 0.2) is 29.4 Å². The van der Waals surface area contributed by atoms with Crippen LogP contribution < -0.4 is 0 Å². The fourth-order valence-electron chi connectivity index (χ4n) is 4.12. The minimum atomic E-state index is -4.56. The summed E-state index contributed by atoms with van der Waals surface area (Å²) in [4.78, 5) is 19.4. The maximum atomic E-state index is 14.0. The average molecular weight is 486 g/mol. The molecule has 4 rings (SSSR count). The van der Waals surface area contributed by atoms with Gasteiger partial charge in [0, 0.05) is 25.2 Å². The van der Waals surface area contributed by atoms with E-state index in [0.717, 1.165) is 10.7 Å². The number of aromatic nitrogens is 2. The van der Waals surface area contributed by atoms with E-state index >= 15 is 0 Å². The Bertz CT molecular complexity index is 1030. The number of rotatable bonds is 5. The molecule has 0 spiro atoms. The lowest BCUT2D eigenvalue weighted by molar-refractivity contribution is -0.142. The zero-order chi connectivity index (χ0) is 25.0. The highest BCUT2D eigenvalue weighted by molar-refractivity contribution is 5.86. The largest absolute Gasteiger partial charge is 0.435 e. The molecular weight excluding hydrogens is 459 g/mol. The monoisotopic (exact) mass is 486 g/mol. The van der Waals surface area contributed by atoms with Gasteiger partial charge in [0.15, 0.2) is 11.8 Å². The van der Waals surface area contributed by atoms with Gasteiger partial charge in [-0.15, -0.1) is 0 Å². The van der Waals surface area contributed by atoms with E-state index in [4.69, 9.17) is 4.84 Å². The Hall–Kier alpha value is -2.98. The average Bonchev–Trinajstić information content (AvgIpc) is 3.51. The quantitative estimate of drug-likeness (QED) is 0.541. The topological polar surface area (TPSA) is 59.7 Å². The minimum Gasteiger partial charge on any atom is -0.387 e. The van der Waals surface area contributed by atoms with Crippen molar-refractivity contribution in [3.8, 4) is 0 Å². The Kier molecular flexibility index (Phi) is 7.93. The molecule has 1 aromatic carbocycles. The standard InChI is InChI=1S/C21H21F5N4O2.C2H6/c1-12-7-18(21(24,25)26)27-30(12)11-19(31)29-6-5-13(10-29)8-14-9-17(32-28-14)20-15(22)3-2-4-16(20)23;1-2/h2-4,7,13,17H,5-6,8-11H2,1H3;1-2H3. The van der Waals surface area contributed by atoms with Crippen LogP contribution in [0.1, 0.15) is 56.2 Å². The summed E-state index contributed by atoms with van der Waals surface area (Å²) in [5.74, 6) is -1.61. The summed E-state index contributed by atoms with van der Waals surface area (Å²) >= 11 is 0. The van der Waals surface area contributed by atoms with E-state index in [1.807, 2.05) is 13.8 Å². The predicted octanol–water partition coefficient (Wildman–Crippen LogP) is 5.27. The molecule has 2 atom stereocenters. The van der Waals surface area contributed by atoms with Gasteiger partial charge in [-0.25, -0.2) is 8.78 Å². The number of hydrogen-bond donors (Lipinski definition) is 0. The lowest BCUT2D eigenvalue weighted by atomic mass is 9.96. The number of hydrogen-bond acceptors (Lipinski definition) is 4. The molecule has 1 saturated heterocycles. The molecule has 2 aliphatic rings. The van der Waals surface area contributed by atoms with E-state index in [-0.39, 0.29) is 36.0 Å². The first-order valence-electron chi connectivity index (χ1n) is 11.2. The zero-order valence-electron chi connectivity index (χ0n) is 19.2. The molecule has 0 N–H and O–H groups in total. The van der Waals surface area contributed by atoms with Crippen LogP contribution in [0.5, 0.6) is 0 Å². The molecule has 0 saturated carbocycles. The van der Waals surface area contributed by atoms with Gasteiger partial charge in [0.25, 0.3) is 0 Å². The Balaban J connectivity index is 0.00000158. The lowest BCUT2D eigenvalue weighted by Gasteiger charge is -2.17. The summed E-state index contributed by atoms with van der Waals surface area (Å²) in [5, 5.41) is 7.47. The molecule has 2 aliphatic heterocycles. The number of aryl methyl sites for hydroxylation is 1. The van der Waals surface area contributed by atoms with Crippen molar-refractivity contribution in [1.82, 2.24) is 14.7 Å². The Labute approximate surface area is 194 Å². The van der Waals surface area contributed by atoms with Crippen molar-refractivity contribution >= 4 is 11.6 Å². The van der Waals surface area contributed by atoms with Gasteiger partial charge < -0.3 is 9.74 Å². The molecule has 1 aromatic heterocycles. The number of alkyl halides is 3. The van der Waals surface area contributed by atoms with E-state index < -0.39 is 29.6 Å². The highest BCUT2D eigenvalue weighted by atomic mass is 19.4. The van der Waals surface area contributed by atoms with E-state index in [1.54, 1.807) is 4.90 Å². The summed E-state index contributed by atoms with van der Waals surface area (Å²) in [6.07, 6.45) is -3.93. The van der Waals surface area contributed by atoms with Gasteiger partial charge in [-0.05, 0) is 43.9 Å². The summed E-state index contributed by atoms with van der Waals surface area (Å²) in [5.41, 5.74) is -0.260. The molecule has 0 radical (unpaired) electrons. The van der Waals surface area contributed by atoms with E-state index in [1.165, 1.54) is 25.1 Å². The highest BCUT2D eigenvalue weighted by Gasteiger charge is 2.35. The second-order valence-electron chi connectivity index (χ2n) is 8.12. The molecule has 6 nitrogen and oxygen atoms in total. The second kappa shape index (κ2) is 10.5. The molecule has 1 amide bonds. The van der Waals surface area contributed by atoms with Crippen molar-refractivity contribution < 1.29 is 31.6 Å². The van der Waals surface area contributed by atoms with Gasteiger partial charge in [0.05, 0.1) is 11.3 Å². The summed E-state index contributed by atoms with van der Waals surface area (Å²) in [7, 11) is 0. The molecule has 3 heterocycles. The van der Waals surface area contributed by atoms with Gasteiger partial charge in [0.1, 0.15) is 18.2 Å². The van der Waals surface area contributed by atoms with E-state index in [2.05, 4.69) is 10.3 Å². The first-order chi connectivity index (χ1) is 16.1. The van der Waals surface area contributed by atoms with Gasteiger partial charge >= 0.3 is 6.18 Å². The van der Waals surface area contributed by atoms with Crippen LogP contribution in [0, 0.1) is 24.5 Å². The number of likely N-dealkylation sites (tertiary alicyclic amines) is 1. The number of oxime groups is 1. The Morgan fingerprint density at radius 1 is 1.21 bits per heavy atom. The van der Waals surface area contributed by atoms with Crippen molar-refractivity contribution in [3.05, 3.63) is 52.9 Å². The number of carbonyl (C=O) groups excluding carboxylic acids is 1. The van der Waals surface area contributed by atoms with Crippen molar-refractivity contribution in [2.75, 3.05) is 13.1 Å². The Morgan fingerprint density at radius 2 is 1.88 bits per heavy atom. The number of amides is 1. The molecule has 1 fully saturated rings. The van der Waals surface area contributed by atoms with Gasteiger partial charge in [-0.1, -0.05) is 25.1 Å². The first kappa shape index (κ1) is 25.6. The lowest BCUT2D eigenvalue weighted by Crippen LogP contribution is -2.32. The molecule has 0 aliphatic carbocycles. The molecular formula is C23H27F5N4O2. The van der Waals surface area contributed by atoms with Crippen LogP contribution in [0.4, 0.5) is 22.0 Å². The third-order valence-corrected chi connectivity index (χ3v) is 5.77. The fraction of sp³-hybridized carbons (Fsp3) is 0.522. The number of benzene rings is 1. The van der Waals surface area contributed by atoms with Crippen LogP contribution in [0.2, 0.25) is 0 Å². The van der Waals surface area contributed by atoms with Crippen LogP contribution in [0.25, 0.3) is 0 Å². The summed E-state index contributed by atoms with van der Waals surface area (Å²) in [6.45, 7) is 6.08. The van der Waals surface area contributed by atoms with Gasteiger partial charge in [-0.3, -0.25) is 9.48 Å². The van der Waals surface area contributed by atoms with Crippen LogP contribution in [-0.4, -0.2) is 39.4 Å². The number of halogens is 5. The number of nitrogens with zero attached hydrogens (tertiary/aromatic N) is 4. The minimum absolute atomic E-state index is 0.0787. The summed E-state index contributed by atoms with van der Waals surface area (Å²) < 4.78 is 67.4. The molecule has 2 unspecified atom stereocenters. The Morgan fingerprint density at radius 3 is 2.50 bits per heavy atom. The van der Waals surface area contributed by atoms with Crippen LogP contribution in [0.3, 0.4) is 0 Å². The maximum Gasteiger partial charge on any atom is 0.435 e. The predicted molar refractivity (Wildman–Crippen MR) is 115 cm³/mol. The summed E-state index contributed by atoms with van der Waals surface area (Å²) in [6, 6.07) is 4.52. The van der Waals surface area contributed by atoms with Crippen molar-refractivity contribution in [3.63, 3.8) is 0 Å². The smallest absolute Gasteiger partial charge is 0.387 e. The maximum absolute atomic E-state index is 14.0. The van der Waals surface area contributed by atoms with Crippen LogP contribution >= 0.6 is 0 Å².